The highest BCUT2D eigenvalue weighted by Crippen LogP contribution is 2.28. The predicted octanol–water partition coefficient (Wildman–Crippen LogP) is 4.03. The Labute approximate surface area is 138 Å². The van der Waals surface area contributed by atoms with Gasteiger partial charge in [-0.05, 0) is 51.5 Å². The molecular weight excluding hydrogens is 272 g/mol. The van der Waals surface area contributed by atoms with Gasteiger partial charge in [-0.2, -0.15) is 0 Å². The third-order valence-corrected chi connectivity index (χ3v) is 5.49. The zero-order valence-electron chi connectivity index (χ0n) is 15.8. The van der Waals surface area contributed by atoms with Crippen LogP contribution in [0.15, 0.2) is 0 Å². The maximum Gasteiger partial charge on any atom is 0.226 e. The molecule has 1 amide bonds. The summed E-state index contributed by atoms with van der Waals surface area (Å²) in [6, 6.07) is 0.605. The molecule has 22 heavy (non-hydrogen) atoms. The van der Waals surface area contributed by atoms with Gasteiger partial charge in [-0.15, -0.1) is 0 Å². The summed E-state index contributed by atoms with van der Waals surface area (Å²) < 4.78 is 0. The third kappa shape index (κ3) is 4.97. The summed E-state index contributed by atoms with van der Waals surface area (Å²) >= 11 is 0. The minimum absolute atomic E-state index is 0.267. The Kier molecular flexibility index (Phi) is 8.45. The Hall–Kier alpha value is -0.570. The van der Waals surface area contributed by atoms with Crippen LogP contribution in [0.5, 0.6) is 0 Å². The molecule has 0 N–H and O–H groups in total. The number of carbonyl (C=O) groups is 1. The Morgan fingerprint density at radius 2 is 1.68 bits per heavy atom. The molecular formula is C19H38N2O. The maximum absolute atomic E-state index is 12.7. The van der Waals surface area contributed by atoms with Gasteiger partial charge < -0.3 is 9.80 Å². The Morgan fingerprint density at radius 3 is 2.14 bits per heavy atom. The summed E-state index contributed by atoms with van der Waals surface area (Å²) in [6.07, 6.45) is 4.74. The standard InChI is InChI=1S/C17H32N2O.C2H6/c1-5-15-6-9-18(10-7-15)17(20)16-8-11-19(13(2)3)12-14(16)4;1-2/h13-16H,5-12H2,1-4H3;1-2H3/t14-,16?;/m0./s1. The molecule has 2 atom stereocenters. The topological polar surface area (TPSA) is 23.6 Å². The molecule has 0 aromatic heterocycles. The lowest BCUT2D eigenvalue weighted by Crippen LogP contribution is -2.50. The SMILES string of the molecule is CC.CCC1CCN(C(=O)C2CCN(C(C)C)C[C@@H]2C)CC1. The molecule has 0 radical (unpaired) electrons. The van der Waals surface area contributed by atoms with Crippen LogP contribution < -0.4 is 0 Å². The van der Waals surface area contributed by atoms with Crippen LogP contribution in [0.4, 0.5) is 0 Å². The second kappa shape index (κ2) is 9.54. The molecule has 2 saturated heterocycles. The van der Waals surface area contributed by atoms with Crippen LogP contribution in [0.25, 0.3) is 0 Å². The number of nitrogens with zero attached hydrogens (tertiary/aromatic N) is 2. The van der Waals surface area contributed by atoms with Crippen LogP contribution in [0, 0.1) is 17.8 Å². The molecule has 1 unspecified atom stereocenters. The highest BCUT2D eigenvalue weighted by molar-refractivity contribution is 5.79. The summed E-state index contributed by atoms with van der Waals surface area (Å²) in [5, 5.41) is 0. The molecule has 3 nitrogen and oxygen atoms in total. The lowest BCUT2D eigenvalue weighted by atomic mass is 9.84. The number of rotatable bonds is 3. The molecule has 2 aliphatic rings. The largest absolute Gasteiger partial charge is 0.342 e. The van der Waals surface area contributed by atoms with Gasteiger partial charge in [0.15, 0.2) is 0 Å². The fourth-order valence-electron chi connectivity index (χ4n) is 3.81. The van der Waals surface area contributed by atoms with Gasteiger partial charge in [0.1, 0.15) is 0 Å². The van der Waals surface area contributed by atoms with E-state index in [0.29, 0.717) is 17.9 Å². The molecule has 2 aliphatic heterocycles. The van der Waals surface area contributed by atoms with Gasteiger partial charge in [0.25, 0.3) is 0 Å². The molecule has 0 aliphatic carbocycles. The molecule has 0 spiro atoms. The lowest BCUT2D eigenvalue weighted by molar-refractivity contribution is -0.140. The van der Waals surface area contributed by atoms with Crippen molar-refractivity contribution in [3.63, 3.8) is 0 Å². The van der Waals surface area contributed by atoms with Crippen molar-refractivity contribution in [2.45, 2.75) is 73.3 Å². The minimum Gasteiger partial charge on any atom is -0.342 e. The minimum atomic E-state index is 0.267. The summed E-state index contributed by atoms with van der Waals surface area (Å²) in [5.74, 6) is 2.06. The van der Waals surface area contributed by atoms with E-state index in [-0.39, 0.29) is 5.92 Å². The van der Waals surface area contributed by atoms with Crippen LogP contribution >= 0.6 is 0 Å². The molecule has 0 aromatic rings. The molecule has 3 heteroatoms. The zero-order chi connectivity index (χ0) is 16.7. The number of piperidine rings is 2. The molecule has 2 heterocycles. The monoisotopic (exact) mass is 310 g/mol. The van der Waals surface area contributed by atoms with Crippen LogP contribution in [0.2, 0.25) is 0 Å². The van der Waals surface area contributed by atoms with Crippen LogP contribution in [-0.2, 0) is 4.79 Å². The van der Waals surface area contributed by atoms with E-state index in [4.69, 9.17) is 0 Å². The molecule has 0 aromatic carbocycles. The Bertz CT molecular complexity index is 321. The third-order valence-electron chi connectivity index (χ3n) is 5.49. The van der Waals surface area contributed by atoms with Crippen molar-refractivity contribution in [3.8, 4) is 0 Å². The first-order valence-electron chi connectivity index (χ1n) is 9.55. The van der Waals surface area contributed by atoms with Crippen molar-refractivity contribution in [3.05, 3.63) is 0 Å². The fraction of sp³-hybridized carbons (Fsp3) is 0.947. The number of likely N-dealkylation sites (tertiary alicyclic amines) is 2. The number of hydrogen-bond acceptors (Lipinski definition) is 2. The second-order valence-electron chi connectivity index (χ2n) is 7.14. The first-order chi connectivity index (χ1) is 10.5. The zero-order valence-corrected chi connectivity index (χ0v) is 15.8. The van der Waals surface area contributed by atoms with E-state index in [1.807, 2.05) is 13.8 Å². The highest BCUT2D eigenvalue weighted by atomic mass is 16.2. The molecule has 2 fully saturated rings. The summed E-state index contributed by atoms with van der Waals surface area (Å²) in [4.78, 5) is 17.4. The van der Waals surface area contributed by atoms with Crippen LogP contribution in [0.3, 0.4) is 0 Å². The summed E-state index contributed by atoms with van der Waals surface area (Å²) in [7, 11) is 0. The van der Waals surface area contributed by atoms with Crippen molar-refractivity contribution in [2.24, 2.45) is 17.8 Å². The summed E-state index contributed by atoms with van der Waals surface area (Å²) in [5.41, 5.74) is 0. The second-order valence-corrected chi connectivity index (χ2v) is 7.14. The van der Waals surface area contributed by atoms with E-state index in [2.05, 4.69) is 37.5 Å². The smallest absolute Gasteiger partial charge is 0.226 e. The van der Waals surface area contributed by atoms with Crippen molar-refractivity contribution >= 4 is 5.91 Å². The van der Waals surface area contributed by atoms with Crippen LogP contribution in [-0.4, -0.2) is 47.9 Å². The average molecular weight is 311 g/mol. The fourth-order valence-corrected chi connectivity index (χ4v) is 3.81. The average Bonchev–Trinajstić information content (AvgIpc) is 2.56. The quantitative estimate of drug-likeness (QED) is 0.786. The number of carbonyl (C=O) groups excluding carboxylic acids is 1. The van der Waals surface area contributed by atoms with Crippen molar-refractivity contribution in [2.75, 3.05) is 26.2 Å². The Balaban J connectivity index is 0.00000116. The van der Waals surface area contributed by atoms with Crippen LogP contribution in [0.1, 0.15) is 67.2 Å². The van der Waals surface area contributed by atoms with Gasteiger partial charge in [0, 0.05) is 31.6 Å². The van der Waals surface area contributed by atoms with E-state index in [1.54, 1.807) is 0 Å². The van der Waals surface area contributed by atoms with Gasteiger partial charge in [-0.1, -0.05) is 34.1 Å². The molecule has 0 saturated carbocycles. The maximum atomic E-state index is 12.7. The normalized spacial score (nSPS) is 27.5. The van der Waals surface area contributed by atoms with Crippen molar-refractivity contribution in [1.29, 1.82) is 0 Å². The lowest BCUT2D eigenvalue weighted by Gasteiger charge is -2.41. The first kappa shape index (κ1) is 19.5. The van der Waals surface area contributed by atoms with E-state index in [0.717, 1.165) is 38.5 Å². The van der Waals surface area contributed by atoms with Gasteiger partial charge in [0.05, 0.1) is 0 Å². The van der Waals surface area contributed by atoms with E-state index >= 15 is 0 Å². The van der Waals surface area contributed by atoms with Gasteiger partial charge in [-0.25, -0.2) is 0 Å². The predicted molar refractivity (Wildman–Crippen MR) is 94.9 cm³/mol. The van der Waals surface area contributed by atoms with E-state index in [9.17, 15) is 4.79 Å². The van der Waals surface area contributed by atoms with Gasteiger partial charge in [-0.3, -0.25) is 4.79 Å². The van der Waals surface area contributed by atoms with E-state index in [1.165, 1.54) is 19.3 Å². The Morgan fingerprint density at radius 1 is 1.09 bits per heavy atom. The highest BCUT2D eigenvalue weighted by Gasteiger charge is 2.35. The number of amides is 1. The summed E-state index contributed by atoms with van der Waals surface area (Å²) in [6.45, 7) is 17.2. The van der Waals surface area contributed by atoms with E-state index < -0.39 is 0 Å². The number of hydrogen-bond donors (Lipinski definition) is 0. The first-order valence-corrected chi connectivity index (χ1v) is 9.55. The molecule has 0 bridgehead atoms. The van der Waals surface area contributed by atoms with Crippen molar-refractivity contribution < 1.29 is 4.79 Å². The van der Waals surface area contributed by atoms with Gasteiger partial charge in [0.2, 0.25) is 5.91 Å². The van der Waals surface area contributed by atoms with Crippen molar-refractivity contribution in [1.82, 2.24) is 9.80 Å². The molecule has 2 rings (SSSR count). The molecule has 130 valence electrons. The van der Waals surface area contributed by atoms with Gasteiger partial charge >= 0.3 is 0 Å².